The number of hydrogen-bond acceptors (Lipinski definition) is 1. The largest absolute Gasteiger partial charge is 0.248 e. The Balaban J connectivity index is 1.07. The molecule has 8 aromatic carbocycles. The second-order valence-corrected chi connectivity index (χ2v) is 15.0. The van der Waals surface area contributed by atoms with Gasteiger partial charge in [-0.05, 0) is 108 Å². The van der Waals surface area contributed by atoms with Crippen molar-refractivity contribution in [3.63, 3.8) is 0 Å². The fraction of sp³-hybridized carbons (Fsp3) is 0.0364. The Labute approximate surface area is 328 Å². The lowest BCUT2D eigenvalue weighted by Crippen LogP contribution is -2.03. The molecule has 2 aliphatic rings. The van der Waals surface area contributed by atoms with Crippen molar-refractivity contribution in [1.82, 2.24) is 4.98 Å². The molecular weight excluding hydrogens is 675 g/mol. The van der Waals surface area contributed by atoms with Crippen molar-refractivity contribution in [2.75, 3.05) is 0 Å². The molecule has 0 saturated carbocycles. The van der Waals surface area contributed by atoms with E-state index in [9.17, 15) is 0 Å². The van der Waals surface area contributed by atoms with Gasteiger partial charge < -0.3 is 0 Å². The van der Waals surface area contributed by atoms with Gasteiger partial charge in [-0.15, -0.1) is 0 Å². The quantitative estimate of drug-likeness (QED) is 0.167. The monoisotopic (exact) mass is 711 g/mol. The summed E-state index contributed by atoms with van der Waals surface area (Å²) in [5.74, 6) is 0.240. The highest BCUT2D eigenvalue weighted by molar-refractivity contribution is 5.91. The Morgan fingerprint density at radius 2 is 0.750 bits per heavy atom. The van der Waals surface area contributed by atoms with Crippen LogP contribution >= 0.6 is 0 Å². The molecular formula is C55H37N. The number of fused-ring (bicyclic) bond motifs is 6. The van der Waals surface area contributed by atoms with E-state index in [-0.39, 0.29) is 11.8 Å². The molecule has 1 aromatic heterocycles. The minimum atomic E-state index is 0.0948. The van der Waals surface area contributed by atoms with Crippen LogP contribution in [0.5, 0.6) is 0 Å². The zero-order valence-electron chi connectivity index (χ0n) is 30.8. The van der Waals surface area contributed by atoms with Gasteiger partial charge in [-0.25, -0.2) is 4.98 Å². The number of rotatable bonds is 6. The zero-order chi connectivity index (χ0) is 37.0. The Morgan fingerprint density at radius 3 is 1.45 bits per heavy atom. The molecule has 0 N–H and O–H groups in total. The number of aromatic nitrogens is 1. The van der Waals surface area contributed by atoms with Gasteiger partial charge in [0.15, 0.2) is 0 Å². The van der Waals surface area contributed by atoms with Crippen molar-refractivity contribution in [3.8, 4) is 67.0 Å². The molecule has 0 radical (unpaired) electrons. The lowest BCUT2D eigenvalue weighted by atomic mass is 9.84. The lowest BCUT2D eigenvalue weighted by Gasteiger charge is -2.19. The van der Waals surface area contributed by atoms with Gasteiger partial charge in [-0.3, -0.25) is 0 Å². The van der Waals surface area contributed by atoms with Crippen molar-refractivity contribution in [1.29, 1.82) is 0 Å². The van der Waals surface area contributed by atoms with E-state index in [0.29, 0.717) is 0 Å². The predicted octanol–water partition coefficient (Wildman–Crippen LogP) is 14.1. The summed E-state index contributed by atoms with van der Waals surface area (Å²) < 4.78 is 0. The van der Waals surface area contributed by atoms with E-state index in [2.05, 4.69) is 212 Å². The standard InChI is InChI=1S/C55H37N/c1-5-16-36(17-6-1)40-28-29-45-48-34-47-44-26-13-14-27-46(44)55(51(47)35-50(48)54(49(45)31-40)39-22-11-4-12-23-39)42-25-15-24-41(30-42)53-33-43(37-18-7-2-8-19-37)32-52(56-53)38-20-9-3-10-21-38/h1-35,54-55H. The normalized spacial score (nSPS) is 14.8. The van der Waals surface area contributed by atoms with Gasteiger partial charge in [-0.2, -0.15) is 0 Å². The Bertz CT molecular complexity index is 2840. The molecule has 2 atom stereocenters. The molecule has 56 heavy (non-hydrogen) atoms. The first-order valence-corrected chi connectivity index (χ1v) is 19.5. The number of nitrogens with zero attached hydrogens (tertiary/aromatic N) is 1. The summed E-state index contributed by atoms with van der Waals surface area (Å²) in [4.78, 5) is 5.30. The summed E-state index contributed by atoms with van der Waals surface area (Å²) >= 11 is 0. The summed E-state index contributed by atoms with van der Waals surface area (Å²) in [7, 11) is 0. The van der Waals surface area contributed by atoms with Crippen LogP contribution in [-0.2, 0) is 0 Å². The van der Waals surface area contributed by atoms with E-state index in [1.807, 2.05) is 0 Å². The van der Waals surface area contributed by atoms with Gasteiger partial charge in [0.25, 0.3) is 0 Å². The van der Waals surface area contributed by atoms with Gasteiger partial charge in [0, 0.05) is 23.0 Å². The smallest absolute Gasteiger partial charge is 0.0715 e. The third-order valence-corrected chi connectivity index (χ3v) is 11.8. The highest BCUT2D eigenvalue weighted by Gasteiger charge is 2.36. The van der Waals surface area contributed by atoms with Crippen LogP contribution in [0.25, 0.3) is 67.0 Å². The van der Waals surface area contributed by atoms with Gasteiger partial charge in [0.05, 0.1) is 11.4 Å². The molecule has 1 nitrogen and oxygen atoms in total. The second-order valence-electron chi connectivity index (χ2n) is 15.0. The third-order valence-electron chi connectivity index (χ3n) is 11.8. The highest BCUT2D eigenvalue weighted by atomic mass is 14.7. The molecule has 11 rings (SSSR count). The van der Waals surface area contributed by atoms with Crippen LogP contribution in [0, 0.1) is 0 Å². The summed E-state index contributed by atoms with van der Waals surface area (Å²) in [6.07, 6.45) is 0. The molecule has 1 heteroatoms. The Kier molecular flexibility index (Phi) is 7.70. The summed E-state index contributed by atoms with van der Waals surface area (Å²) in [5, 5.41) is 0. The molecule has 0 saturated heterocycles. The van der Waals surface area contributed by atoms with Crippen molar-refractivity contribution in [2.24, 2.45) is 0 Å². The van der Waals surface area contributed by atoms with E-state index >= 15 is 0 Å². The van der Waals surface area contributed by atoms with Crippen LogP contribution in [0.1, 0.15) is 45.2 Å². The maximum absolute atomic E-state index is 5.30. The SMILES string of the molecule is c1ccc(-c2cc(-c3ccccc3)nc(-c3cccc(C4c5ccccc5-c5cc6c(cc54)C(c4ccccc4)c4cc(-c5ccccc5)ccc4-6)c3)c2)cc1. The first-order valence-electron chi connectivity index (χ1n) is 19.5. The Hall–Kier alpha value is -7.09. The van der Waals surface area contributed by atoms with E-state index in [4.69, 9.17) is 4.98 Å². The molecule has 0 fully saturated rings. The summed E-state index contributed by atoms with van der Waals surface area (Å²) in [5.41, 5.74) is 22.4. The summed E-state index contributed by atoms with van der Waals surface area (Å²) in [6, 6.07) is 77.7. The highest BCUT2D eigenvalue weighted by Crippen LogP contribution is 2.56. The maximum Gasteiger partial charge on any atom is 0.0715 e. The minimum absolute atomic E-state index is 0.0948. The topological polar surface area (TPSA) is 12.9 Å². The molecule has 0 spiro atoms. The minimum Gasteiger partial charge on any atom is -0.248 e. The van der Waals surface area contributed by atoms with Gasteiger partial charge in [-0.1, -0.05) is 182 Å². The van der Waals surface area contributed by atoms with Crippen molar-refractivity contribution in [3.05, 3.63) is 246 Å². The number of pyridine rings is 1. The van der Waals surface area contributed by atoms with Gasteiger partial charge in [0.1, 0.15) is 0 Å². The number of benzene rings is 8. The lowest BCUT2D eigenvalue weighted by molar-refractivity contribution is 0.982. The molecule has 9 aromatic rings. The van der Waals surface area contributed by atoms with E-state index in [1.165, 1.54) is 72.3 Å². The molecule has 262 valence electrons. The van der Waals surface area contributed by atoms with Crippen molar-refractivity contribution in [2.45, 2.75) is 11.8 Å². The summed E-state index contributed by atoms with van der Waals surface area (Å²) in [6.45, 7) is 0. The predicted molar refractivity (Wildman–Crippen MR) is 232 cm³/mol. The third kappa shape index (κ3) is 5.43. The molecule has 2 unspecified atom stereocenters. The average molecular weight is 712 g/mol. The maximum atomic E-state index is 5.30. The van der Waals surface area contributed by atoms with E-state index in [0.717, 1.165) is 28.1 Å². The van der Waals surface area contributed by atoms with Gasteiger partial charge in [0.2, 0.25) is 0 Å². The van der Waals surface area contributed by atoms with E-state index in [1.54, 1.807) is 0 Å². The second kappa shape index (κ2) is 13.3. The molecule has 0 aliphatic heterocycles. The molecule has 0 bridgehead atoms. The van der Waals surface area contributed by atoms with Crippen molar-refractivity contribution >= 4 is 0 Å². The molecule has 2 aliphatic carbocycles. The van der Waals surface area contributed by atoms with Crippen LogP contribution in [-0.4, -0.2) is 4.98 Å². The van der Waals surface area contributed by atoms with Crippen LogP contribution in [0.3, 0.4) is 0 Å². The van der Waals surface area contributed by atoms with Crippen LogP contribution in [0.2, 0.25) is 0 Å². The van der Waals surface area contributed by atoms with E-state index < -0.39 is 0 Å². The fourth-order valence-corrected chi connectivity index (χ4v) is 9.24. The Morgan fingerprint density at radius 1 is 0.250 bits per heavy atom. The van der Waals surface area contributed by atoms with Crippen molar-refractivity contribution < 1.29 is 0 Å². The zero-order valence-corrected chi connectivity index (χ0v) is 30.8. The van der Waals surface area contributed by atoms with Crippen LogP contribution in [0.15, 0.2) is 212 Å². The first kappa shape index (κ1) is 32.3. The molecule has 0 amide bonds. The van der Waals surface area contributed by atoms with Gasteiger partial charge >= 0.3 is 0 Å². The van der Waals surface area contributed by atoms with Crippen LogP contribution < -0.4 is 0 Å². The first-order chi connectivity index (χ1) is 27.8. The number of hydrogen-bond donors (Lipinski definition) is 0. The molecule has 1 heterocycles. The fourth-order valence-electron chi connectivity index (χ4n) is 9.24. The van der Waals surface area contributed by atoms with Crippen LogP contribution in [0.4, 0.5) is 0 Å². The average Bonchev–Trinajstić information content (AvgIpc) is 3.78.